The summed E-state index contributed by atoms with van der Waals surface area (Å²) in [5.74, 6) is 1.18. The van der Waals surface area contributed by atoms with Crippen molar-refractivity contribution in [2.75, 3.05) is 0 Å². The molecule has 4 heteroatoms. The summed E-state index contributed by atoms with van der Waals surface area (Å²) in [6, 6.07) is 22.4. The zero-order valence-corrected chi connectivity index (χ0v) is 14.1. The molecule has 1 atom stereocenters. The molecule has 0 amide bonds. The molecule has 124 valence electrons. The molecule has 0 saturated carbocycles. The number of halogens is 1. The number of ether oxygens (including phenoxy) is 2. The molecule has 3 aromatic rings. The number of Topliss-reactive ketones (excluding diaryl/α,β-unsaturated/α-hetero) is 1. The molecule has 0 N–H and O–H groups in total. The fourth-order valence-corrected chi connectivity index (χ4v) is 2.94. The Balaban J connectivity index is 1.52. The maximum absolute atomic E-state index is 12.6. The maximum atomic E-state index is 12.6. The van der Waals surface area contributed by atoms with Gasteiger partial charge in [0.2, 0.25) is 5.78 Å². The number of hydrogen-bond acceptors (Lipinski definition) is 3. The van der Waals surface area contributed by atoms with Crippen molar-refractivity contribution < 1.29 is 14.3 Å². The van der Waals surface area contributed by atoms with Crippen molar-refractivity contribution in [2.45, 2.75) is 12.7 Å². The van der Waals surface area contributed by atoms with Crippen LogP contribution in [0.2, 0.25) is 5.02 Å². The van der Waals surface area contributed by atoms with Crippen LogP contribution in [-0.2, 0) is 6.61 Å². The smallest absolute Gasteiger partial charge is 0.211 e. The van der Waals surface area contributed by atoms with Gasteiger partial charge in [-0.15, -0.1) is 0 Å². The Morgan fingerprint density at radius 2 is 1.72 bits per heavy atom. The van der Waals surface area contributed by atoms with Gasteiger partial charge in [0.05, 0.1) is 5.56 Å². The average Bonchev–Trinajstić information content (AvgIpc) is 2.98. The van der Waals surface area contributed by atoms with Crippen molar-refractivity contribution in [1.82, 2.24) is 0 Å². The van der Waals surface area contributed by atoms with Crippen molar-refractivity contribution in [3.8, 4) is 11.5 Å². The van der Waals surface area contributed by atoms with E-state index in [1.54, 1.807) is 30.3 Å². The fourth-order valence-electron chi connectivity index (χ4n) is 2.81. The summed E-state index contributed by atoms with van der Waals surface area (Å²) < 4.78 is 11.7. The Hall–Kier alpha value is -2.78. The van der Waals surface area contributed by atoms with Gasteiger partial charge < -0.3 is 9.47 Å². The zero-order chi connectivity index (χ0) is 17.2. The number of benzene rings is 3. The highest BCUT2D eigenvalue weighted by atomic mass is 35.5. The Kier molecular flexibility index (Phi) is 4.16. The molecule has 1 heterocycles. The molecule has 0 aromatic heterocycles. The lowest BCUT2D eigenvalue weighted by Gasteiger charge is -2.10. The summed E-state index contributed by atoms with van der Waals surface area (Å²) in [6.45, 7) is 0.466. The van der Waals surface area contributed by atoms with E-state index in [4.69, 9.17) is 21.1 Å². The predicted molar refractivity (Wildman–Crippen MR) is 96.4 cm³/mol. The van der Waals surface area contributed by atoms with Crippen LogP contribution in [0.25, 0.3) is 0 Å². The number of hydrogen-bond donors (Lipinski definition) is 0. The molecular formula is C21H15ClO3. The highest BCUT2D eigenvalue weighted by Gasteiger charge is 2.33. The molecule has 0 fully saturated rings. The number of fused-ring (bicyclic) bond motifs is 1. The van der Waals surface area contributed by atoms with Crippen LogP contribution in [0.5, 0.6) is 11.5 Å². The molecular weight excluding hydrogens is 336 g/mol. The largest absolute Gasteiger partial charge is 0.489 e. The third kappa shape index (κ3) is 3.24. The molecule has 0 spiro atoms. The summed E-state index contributed by atoms with van der Waals surface area (Å²) >= 11 is 5.91. The Morgan fingerprint density at radius 3 is 2.48 bits per heavy atom. The van der Waals surface area contributed by atoms with E-state index in [0.29, 0.717) is 28.7 Å². The van der Waals surface area contributed by atoms with Gasteiger partial charge in [0.25, 0.3) is 0 Å². The molecule has 3 nitrogen and oxygen atoms in total. The Bertz CT molecular complexity index is 904. The minimum atomic E-state index is -0.628. The predicted octanol–water partition coefficient (Wildman–Crippen LogP) is 5.24. The summed E-state index contributed by atoms with van der Waals surface area (Å²) in [7, 11) is 0. The minimum Gasteiger partial charge on any atom is -0.489 e. The highest BCUT2D eigenvalue weighted by Crippen LogP contribution is 2.39. The Morgan fingerprint density at radius 1 is 0.960 bits per heavy atom. The second-order valence-corrected chi connectivity index (χ2v) is 6.28. The van der Waals surface area contributed by atoms with Gasteiger partial charge in [0.15, 0.2) is 6.10 Å². The van der Waals surface area contributed by atoms with Crippen molar-refractivity contribution in [2.24, 2.45) is 0 Å². The maximum Gasteiger partial charge on any atom is 0.211 e. The van der Waals surface area contributed by atoms with Crippen LogP contribution in [0, 0.1) is 0 Å². The van der Waals surface area contributed by atoms with Gasteiger partial charge in [-0.2, -0.15) is 0 Å². The summed E-state index contributed by atoms with van der Waals surface area (Å²) in [4.78, 5) is 12.6. The molecule has 0 bridgehead atoms. The van der Waals surface area contributed by atoms with Crippen LogP contribution < -0.4 is 9.47 Å². The van der Waals surface area contributed by atoms with Gasteiger partial charge in [-0.25, -0.2) is 0 Å². The molecule has 1 aliphatic heterocycles. The fraction of sp³-hybridized carbons (Fsp3) is 0.0952. The molecule has 4 rings (SSSR count). The SMILES string of the molecule is O=C1c2ccc(OCc3ccccc3)cc2OC1c1ccc(Cl)cc1. The second kappa shape index (κ2) is 6.61. The lowest BCUT2D eigenvalue weighted by Crippen LogP contribution is -2.10. The summed E-state index contributed by atoms with van der Waals surface area (Å²) in [5, 5.41) is 0.628. The van der Waals surface area contributed by atoms with Crippen LogP contribution in [0.3, 0.4) is 0 Å². The van der Waals surface area contributed by atoms with Gasteiger partial charge in [0, 0.05) is 16.7 Å². The van der Waals surface area contributed by atoms with Crippen LogP contribution in [0.15, 0.2) is 72.8 Å². The molecule has 0 radical (unpaired) electrons. The van der Waals surface area contributed by atoms with Gasteiger partial charge in [-0.05, 0) is 29.8 Å². The first-order valence-electron chi connectivity index (χ1n) is 7.98. The standard InChI is InChI=1S/C21H15ClO3/c22-16-8-6-15(7-9-16)21-20(23)18-11-10-17(12-19(18)25-21)24-13-14-4-2-1-3-5-14/h1-12,21H,13H2. The van der Waals surface area contributed by atoms with Crippen LogP contribution in [0.4, 0.5) is 0 Å². The topological polar surface area (TPSA) is 35.5 Å². The van der Waals surface area contributed by atoms with Gasteiger partial charge in [-0.3, -0.25) is 4.79 Å². The van der Waals surface area contributed by atoms with Crippen molar-refractivity contribution in [3.05, 3.63) is 94.5 Å². The minimum absolute atomic E-state index is 0.0491. The number of rotatable bonds is 4. The van der Waals surface area contributed by atoms with E-state index in [1.807, 2.05) is 42.5 Å². The lowest BCUT2D eigenvalue weighted by molar-refractivity contribution is 0.0858. The first-order chi connectivity index (χ1) is 12.2. The second-order valence-electron chi connectivity index (χ2n) is 5.85. The van der Waals surface area contributed by atoms with E-state index in [0.717, 1.165) is 11.1 Å². The van der Waals surface area contributed by atoms with Crippen LogP contribution >= 0.6 is 11.6 Å². The van der Waals surface area contributed by atoms with E-state index in [9.17, 15) is 4.79 Å². The molecule has 3 aromatic carbocycles. The van der Waals surface area contributed by atoms with E-state index in [1.165, 1.54) is 0 Å². The molecule has 0 saturated heterocycles. The monoisotopic (exact) mass is 350 g/mol. The Labute approximate surface area is 150 Å². The van der Waals surface area contributed by atoms with Crippen molar-refractivity contribution in [3.63, 3.8) is 0 Å². The third-order valence-electron chi connectivity index (χ3n) is 4.12. The highest BCUT2D eigenvalue weighted by molar-refractivity contribution is 6.30. The summed E-state index contributed by atoms with van der Waals surface area (Å²) in [5.41, 5.74) is 2.45. The van der Waals surface area contributed by atoms with Crippen molar-refractivity contribution in [1.29, 1.82) is 0 Å². The first-order valence-corrected chi connectivity index (χ1v) is 8.35. The van der Waals surface area contributed by atoms with Gasteiger partial charge in [-0.1, -0.05) is 54.1 Å². The van der Waals surface area contributed by atoms with E-state index < -0.39 is 6.10 Å². The van der Waals surface area contributed by atoms with E-state index in [-0.39, 0.29) is 5.78 Å². The quantitative estimate of drug-likeness (QED) is 0.645. The van der Waals surface area contributed by atoms with Gasteiger partial charge >= 0.3 is 0 Å². The number of carbonyl (C=O) groups is 1. The number of ketones is 1. The van der Waals surface area contributed by atoms with Crippen molar-refractivity contribution >= 4 is 17.4 Å². The molecule has 25 heavy (non-hydrogen) atoms. The van der Waals surface area contributed by atoms with Crippen LogP contribution in [0.1, 0.15) is 27.6 Å². The number of carbonyl (C=O) groups excluding carboxylic acids is 1. The lowest BCUT2D eigenvalue weighted by atomic mass is 10.0. The average molecular weight is 351 g/mol. The third-order valence-corrected chi connectivity index (χ3v) is 4.37. The summed E-state index contributed by atoms with van der Waals surface area (Å²) in [6.07, 6.45) is -0.628. The molecule has 1 aliphatic rings. The van der Waals surface area contributed by atoms with Crippen LogP contribution in [-0.4, -0.2) is 5.78 Å². The van der Waals surface area contributed by atoms with Gasteiger partial charge in [0.1, 0.15) is 18.1 Å². The zero-order valence-electron chi connectivity index (χ0n) is 13.3. The molecule has 0 aliphatic carbocycles. The first kappa shape index (κ1) is 15.7. The normalized spacial score (nSPS) is 15.6. The molecule has 1 unspecified atom stereocenters. The van der Waals surface area contributed by atoms with E-state index >= 15 is 0 Å². The van der Waals surface area contributed by atoms with E-state index in [2.05, 4.69) is 0 Å².